The van der Waals surface area contributed by atoms with Crippen LogP contribution in [0.25, 0.3) is 0 Å². The zero-order valence-electron chi connectivity index (χ0n) is 8.21. The van der Waals surface area contributed by atoms with E-state index in [0.29, 0.717) is 26.4 Å². The van der Waals surface area contributed by atoms with Crippen molar-refractivity contribution >= 4 is 0 Å². The third-order valence-electron chi connectivity index (χ3n) is 1.16. The molecule has 0 atom stereocenters. The zero-order chi connectivity index (χ0) is 10.5. The molecule has 0 rings (SSSR count). The molecule has 0 aliphatic carbocycles. The standard InChI is InChI=1S/C12H14O2/c1-3-5-9-13-11-7-8-12-14-10-6-4-2/h5-6H,1-2,9-12H2. The van der Waals surface area contributed by atoms with Gasteiger partial charge in [-0.05, 0) is 12.2 Å². The van der Waals surface area contributed by atoms with E-state index >= 15 is 0 Å². The van der Waals surface area contributed by atoms with Gasteiger partial charge in [0, 0.05) is 0 Å². The highest BCUT2D eigenvalue weighted by atomic mass is 16.5. The summed E-state index contributed by atoms with van der Waals surface area (Å²) in [5.41, 5.74) is 5.21. The van der Waals surface area contributed by atoms with E-state index in [1.54, 1.807) is 12.2 Å². The third-order valence-corrected chi connectivity index (χ3v) is 1.16. The van der Waals surface area contributed by atoms with Crippen LogP contribution in [0.1, 0.15) is 0 Å². The van der Waals surface area contributed by atoms with Gasteiger partial charge in [-0.1, -0.05) is 25.0 Å². The van der Waals surface area contributed by atoms with Crippen LogP contribution in [0.4, 0.5) is 0 Å². The molecule has 0 fully saturated rings. The van der Waals surface area contributed by atoms with Crippen molar-refractivity contribution in [3.8, 4) is 11.8 Å². The molecule has 0 saturated carbocycles. The van der Waals surface area contributed by atoms with Gasteiger partial charge in [0.25, 0.3) is 0 Å². The second kappa shape index (κ2) is 11.5. The lowest BCUT2D eigenvalue weighted by Gasteiger charge is -1.91. The predicted molar refractivity (Wildman–Crippen MR) is 56.8 cm³/mol. The average Bonchev–Trinajstić information content (AvgIpc) is 2.21. The minimum Gasteiger partial charge on any atom is -0.364 e. The maximum atomic E-state index is 5.08. The van der Waals surface area contributed by atoms with Gasteiger partial charge >= 0.3 is 0 Å². The van der Waals surface area contributed by atoms with Gasteiger partial charge in [0.15, 0.2) is 0 Å². The largest absolute Gasteiger partial charge is 0.364 e. The first kappa shape index (κ1) is 12.5. The van der Waals surface area contributed by atoms with Gasteiger partial charge in [0.05, 0.1) is 13.2 Å². The lowest BCUT2D eigenvalue weighted by atomic mass is 10.6. The first-order valence-electron chi connectivity index (χ1n) is 4.21. The Morgan fingerprint density at radius 3 is 1.64 bits per heavy atom. The van der Waals surface area contributed by atoms with E-state index in [2.05, 4.69) is 36.5 Å². The van der Waals surface area contributed by atoms with Gasteiger partial charge in [0.1, 0.15) is 13.2 Å². The average molecular weight is 190 g/mol. The molecule has 0 amide bonds. The minimum atomic E-state index is 0.402. The maximum absolute atomic E-state index is 5.08. The SMILES string of the molecule is C=C=CCOCC#CCOCC=C=C. The van der Waals surface area contributed by atoms with Crippen LogP contribution < -0.4 is 0 Å². The summed E-state index contributed by atoms with van der Waals surface area (Å²) in [6.45, 7) is 8.61. The Balaban J connectivity index is 3.26. The fourth-order valence-electron chi connectivity index (χ4n) is 0.558. The van der Waals surface area contributed by atoms with E-state index in [1.807, 2.05) is 0 Å². The van der Waals surface area contributed by atoms with Crippen molar-refractivity contribution in [1.29, 1.82) is 0 Å². The molecule has 2 nitrogen and oxygen atoms in total. The van der Waals surface area contributed by atoms with Gasteiger partial charge in [-0.25, -0.2) is 0 Å². The maximum Gasteiger partial charge on any atom is 0.108 e. The van der Waals surface area contributed by atoms with Crippen molar-refractivity contribution in [2.24, 2.45) is 0 Å². The van der Waals surface area contributed by atoms with E-state index in [4.69, 9.17) is 9.47 Å². The molecule has 0 heterocycles. The highest BCUT2D eigenvalue weighted by Crippen LogP contribution is 1.75. The Labute approximate surface area is 85.2 Å². The van der Waals surface area contributed by atoms with Crippen molar-refractivity contribution in [2.45, 2.75) is 0 Å². The quantitative estimate of drug-likeness (QED) is 0.360. The van der Waals surface area contributed by atoms with Crippen molar-refractivity contribution in [3.63, 3.8) is 0 Å². The topological polar surface area (TPSA) is 18.5 Å². The molecule has 0 saturated heterocycles. The summed E-state index contributed by atoms with van der Waals surface area (Å²) >= 11 is 0. The lowest BCUT2D eigenvalue weighted by Crippen LogP contribution is -1.93. The number of rotatable bonds is 6. The van der Waals surface area contributed by atoms with Gasteiger partial charge in [-0.2, -0.15) is 0 Å². The van der Waals surface area contributed by atoms with Crippen molar-refractivity contribution in [3.05, 3.63) is 36.8 Å². The van der Waals surface area contributed by atoms with E-state index in [9.17, 15) is 0 Å². The molecule has 0 N–H and O–H groups in total. The molecule has 0 spiro atoms. The molecule has 2 heteroatoms. The van der Waals surface area contributed by atoms with E-state index < -0.39 is 0 Å². The fraction of sp³-hybridized carbons (Fsp3) is 0.333. The fourth-order valence-corrected chi connectivity index (χ4v) is 0.558. The molecule has 0 aliphatic rings. The first-order chi connectivity index (χ1) is 6.91. The second-order valence-corrected chi connectivity index (χ2v) is 2.20. The summed E-state index contributed by atoms with van der Waals surface area (Å²) in [5.74, 6) is 5.61. The molecular weight excluding hydrogens is 176 g/mol. The summed E-state index contributed by atoms with van der Waals surface area (Å²) < 4.78 is 10.2. The van der Waals surface area contributed by atoms with Crippen LogP contribution >= 0.6 is 0 Å². The molecule has 74 valence electrons. The Morgan fingerprint density at radius 1 is 0.857 bits per heavy atom. The van der Waals surface area contributed by atoms with E-state index in [-0.39, 0.29) is 0 Å². The van der Waals surface area contributed by atoms with Crippen LogP contribution in [0.2, 0.25) is 0 Å². The normalized spacial score (nSPS) is 7.71. The molecule has 0 bridgehead atoms. The summed E-state index contributed by atoms with van der Waals surface area (Å²) in [4.78, 5) is 0. The molecular formula is C12H14O2. The highest BCUT2D eigenvalue weighted by Gasteiger charge is 1.78. The van der Waals surface area contributed by atoms with E-state index in [0.717, 1.165) is 0 Å². The lowest BCUT2D eigenvalue weighted by molar-refractivity contribution is 0.193. The number of hydrogen-bond acceptors (Lipinski definition) is 2. The van der Waals surface area contributed by atoms with Gasteiger partial charge in [0.2, 0.25) is 0 Å². The Bertz CT molecular complexity index is 253. The summed E-state index contributed by atoms with van der Waals surface area (Å²) in [6, 6.07) is 0. The molecule has 0 aromatic carbocycles. The Hall–Kier alpha value is -1.48. The molecule has 0 aliphatic heterocycles. The second-order valence-electron chi connectivity index (χ2n) is 2.20. The number of hydrogen-bond donors (Lipinski definition) is 0. The number of ether oxygens (including phenoxy) is 2. The summed E-state index contributed by atoms with van der Waals surface area (Å²) in [7, 11) is 0. The first-order valence-corrected chi connectivity index (χ1v) is 4.21. The van der Waals surface area contributed by atoms with Gasteiger partial charge in [-0.15, -0.1) is 11.5 Å². The van der Waals surface area contributed by atoms with E-state index in [1.165, 1.54) is 0 Å². The zero-order valence-corrected chi connectivity index (χ0v) is 8.21. The van der Waals surface area contributed by atoms with Crippen LogP contribution in [-0.2, 0) is 9.47 Å². The third kappa shape index (κ3) is 10.5. The summed E-state index contributed by atoms with van der Waals surface area (Å²) in [5, 5.41) is 0. The van der Waals surface area contributed by atoms with Crippen LogP contribution in [-0.4, -0.2) is 26.4 Å². The molecule has 14 heavy (non-hydrogen) atoms. The molecule has 0 aromatic heterocycles. The van der Waals surface area contributed by atoms with Crippen LogP contribution in [0.5, 0.6) is 0 Å². The van der Waals surface area contributed by atoms with Crippen molar-refractivity contribution in [2.75, 3.05) is 26.4 Å². The van der Waals surface area contributed by atoms with Gasteiger partial charge in [-0.3, -0.25) is 0 Å². The van der Waals surface area contributed by atoms with Crippen LogP contribution in [0, 0.1) is 11.8 Å². The van der Waals surface area contributed by atoms with Crippen molar-refractivity contribution < 1.29 is 9.47 Å². The Kier molecular flexibility index (Phi) is 10.3. The molecule has 0 aromatic rings. The Morgan fingerprint density at radius 2 is 1.29 bits per heavy atom. The minimum absolute atomic E-state index is 0.402. The van der Waals surface area contributed by atoms with Crippen LogP contribution in [0.15, 0.2) is 36.8 Å². The van der Waals surface area contributed by atoms with Crippen molar-refractivity contribution in [1.82, 2.24) is 0 Å². The monoisotopic (exact) mass is 190 g/mol. The molecule has 0 radical (unpaired) electrons. The smallest absolute Gasteiger partial charge is 0.108 e. The van der Waals surface area contributed by atoms with Gasteiger partial charge < -0.3 is 9.47 Å². The summed E-state index contributed by atoms with van der Waals surface area (Å²) in [6.07, 6.45) is 3.40. The highest BCUT2D eigenvalue weighted by molar-refractivity contribution is 4.99. The van der Waals surface area contributed by atoms with Crippen LogP contribution in [0.3, 0.4) is 0 Å². The predicted octanol–water partition coefficient (Wildman–Crippen LogP) is 1.71. The molecule has 0 unspecified atom stereocenters.